The zero-order valence-electron chi connectivity index (χ0n) is 14.1. The number of carbonyl (C=O) groups is 2. The van der Waals surface area contributed by atoms with Crippen LogP contribution < -0.4 is 16.0 Å². The molecular formula is C19H22N4O2. The summed E-state index contributed by atoms with van der Waals surface area (Å²) in [5, 5.41) is 2.89. The maximum atomic E-state index is 12.7. The molecule has 1 aromatic heterocycles. The molecule has 0 spiro atoms. The molecule has 0 bridgehead atoms. The Morgan fingerprint density at radius 2 is 2.16 bits per heavy atom. The molecule has 0 radical (unpaired) electrons. The first-order valence-electron chi connectivity index (χ1n) is 8.54. The lowest BCUT2D eigenvalue weighted by molar-refractivity contribution is -0.116. The molecule has 1 aliphatic heterocycles. The summed E-state index contributed by atoms with van der Waals surface area (Å²) in [4.78, 5) is 30.4. The average Bonchev–Trinajstić information content (AvgIpc) is 2.66. The summed E-state index contributed by atoms with van der Waals surface area (Å²) < 4.78 is 0. The Balaban J connectivity index is 1.78. The third kappa shape index (κ3) is 4.03. The Morgan fingerprint density at radius 1 is 1.28 bits per heavy atom. The van der Waals surface area contributed by atoms with E-state index in [1.54, 1.807) is 29.4 Å². The third-order valence-corrected chi connectivity index (χ3v) is 4.24. The molecule has 1 aromatic carbocycles. The van der Waals surface area contributed by atoms with Gasteiger partial charge in [0.15, 0.2) is 0 Å². The smallest absolute Gasteiger partial charge is 0.259 e. The van der Waals surface area contributed by atoms with E-state index in [0.29, 0.717) is 31.5 Å². The molecule has 0 atom stereocenters. The molecule has 6 heteroatoms. The highest BCUT2D eigenvalue weighted by atomic mass is 16.2. The molecule has 3 rings (SSSR count). The number of benzene rings is 1. The SMILES string of the molecule is NCCCC(=O)Nc1ccc2c(c1)CCCN2C(=O)c1cccnc1. The molecule has 130 valence electrons. The number of hydrogen-bond acceptors (Lipinski definition) is 4. The van der Waals surface area contributed by atoms with Crippen molar-refractivity contribution < 1.29 is 9.59 Å². The number of nitrogens with two attached hydrogens (primary N) is 1. The minimum Gasteiger partial charge on any atom is -0.330 e. The van der Waals surface area contributed by atoms with Crippen molar-refractivity contribution in [1.29, 1.82) is 0 Å². The number of amides is 2. The largest absolute Gasteiger partial charge is 0.330 e. The number of anilines is 2. The molecular weight excluding hydrogens is 316 g/mol. The van der Waals surface area contributed by atoms with E-state index in [2.05, 4.69) is 10.3 Å². The van der Waals surface area contributed by atoms with Gasteiger partial charge in [-0.15, -0.1) is 0 Å². The van der Waals surface area contributed by atoms with Gasteiger partial charge in [-0.2, -0.15) is 0 Å². The van der Waals surface area contributed by atoms with Crippen LogP contribution in [0.2, 0.25) is 0 Å². The fourth-order valence-electron chi connectivity index (χ4n) is 3.02. The van der Waals surface area contributed by atoms with E-state index >= 15 is 0 Å². The van der Waals surface area contributed by atoms with Crippen LogP contribution in [0.25, 0.3) is 0 Å². The second-order valence-corrected chi connectivity index (χ2v) is 6.09. The molecule has 6 nitrogen and oxygen atoms in total. The van der Waals surface area contributed by atoms with Crippen LogP contribution >= 0.6 is 0 Å². The maximum Gasteiger partial charge on any atom is 0.259 e. The Morgan fingerprint density at radius 3 is 2.92 bits per heavy atom. The topological polar surface area (TPSA) is 88.3 Å². The molecule has 3 N–H and O–H groups in total. The molecule has 2 heterocycles. The van der Waals surface area contributed by atoms with Crippen molar-refractivity contribution in [2.24, 2.45) is 5.73 Å². The molecule has 0 saturated heterocycles. The van der Waals surface area contributed by atoms with Gasteiger partial charge in [-0.1, -0.05) is 0 Å². The van der Waals surface area contributed by atoms with Crippen molar-refractivity contribution in [2.75, 3.05) is 23.3 Å². The van der Waals surface area contributed by atoms with Gasteiger partial charge in [0.25, 0.3) is 5.91 Å². The summed E-state index contributed by atoms with van der Waals surface area (Å²) in [5.74, 6) is -0.0849. The van der Waals surface area contributed by atoms with Crippen molar-refractivity contribution >= 4 is 23.2 Å². The summed E-state index contributed by atoms with van der Waals surface area (Å²) in [6.07, 6.45) is 6.11. The maximum absolute atomic E-state index is 12.7. The zero-order valence-corrected chi connectivity index (χ0v) is 14.1. The van der Waals surface area contributed by atoms with Crippen molar-refractivity contribution in [3.8, 4) is 0 Å². The van der Waals surface area contributed by atoms with E-state index < -0.39 is 0 Å². The van der Waals surface area contributed by atoms with Gasteiger partial charge < -0.3 is 16.0 Å². The van der Waals surface area contributed by atoms with Crippen LogP contribution in [0.15, 0.2) is 42.7 Å². The van der Waals surface area contributed by atoms with Crippen LogP contribution in [0.1, 0.15) is 35.2 Å². The highest BCUT2D eigenvalue weighted by Gasteiger charge is 2.24. The Labute approximate surface area is 147 Å². The van der Waals surface area contributed by atoms with Gasteiger partial charge in [0.05, 0.1) is 5.56 Å². The van der Waals surface area contributed by atoms with Crippen molar-refractivity contribution in [3.05, 3.63) is 53.9 Å². The van der Waals surface area contributed by atoms with Gasteiger partial charge in [0.1, 0.15) is 0 Å². The first kappa shape index (κ1) is 17.1. The van der Waals surface area contributed by atoms with Crippen LogP contribution in [0, 0.1) is 0 Å². The molecule has 1 aliphatic rings. The van der Waals surface area contributed by atoms with Gasteiger partial charge in [0, 0.05) is 36.7 Å². The van der Waals surface area contributed by atoms with Crippen molar-refractivity contribution in [3.63, 3.8) is 0 Å². The average molecular weight is 338 g/mol. The zero-order chi connectivity index (χ0) is 17.6. The van der Waals surface area contributed by atoms with Gasteiger partial charge in [-0.3, -0.25) is 14.6 Å². The summed E-state index contributed by atoms with van der Waals surface area (Å²) >= 11 is 0. The number of pyridine rings is 1. The standard InChI is InChI=1S/C19H22N4O2/c20-9-1-6-18(24)22-16-7-8-17-14(12-16)5-3-11-23(17)19(25)15-4-2-10-21-13-15/h2,4,7-8,10,12-13H,1,3,5-6,9,11,20H2,(H,22,24). The highest BCUT2D eigenvalue weighted by molar-refractivity contribution is 6.06. The molecule has 0 aliphatic carbocycles. The van der Waals surface area contributed by atoms with Gasteiger partial charge in [-0.05, 0) is 61.7 Å². The van der Waals surface area contributed by atoms with E-state index in [-0.39, 0.29) is 11.8 Å². The number of rotatable bonds is 5. The lowest BCUT2D eigenvalue weighted by Crippen LogP contribution is -2.35. The number of carbonyl (C=O) groups excluding carboxylic acids is 2. The lowest BCUT2D eigenvalue weighted by atomic mass is 10.00. The number of fused-ring (bicyclic) bond motifs is 1. The lowest BCUT2D eigenvalue weighted by Gasteiger charge is -2.30. The van der Waals surface area contributed by atoms with E-state index in [9.17, 15) is 9.59 Å². The molecule has 0 unspecified atom stereocenters. The second-order valence-electron chi connectivity index (χ2n) is 6.09. The molecule has 0 fully saturated rings. The van der Waals surface area contributed by atoms with Crippen LogP contribution in [0.4, 0.5) is 11.4 Å². The number of nitrogens with one attached hydrogen (secondary N) is 1. The van der Waals surface area contributed by atoms with E-state index in [4.69, 9.17) is 5.73 Å². The predicted octanol–water partition coefficient (Wildman–Crippen LogP) is 2.35. The third-order valence-electron chi connectivity index (χ3n) is 4.24. The van der Waals surface area contributed by atoms with Crippen LogP contribution in [-0.2, 0) is 11.2 Å². The van der Waals surface area contributed by atoms with Gasteiger partial charge in [0.2, 0.25) is 5.91 Å². The van der Waals surface area contributed by atoms with E-state index in [0.717, 1.165) is 29.8 Å². The first-order chi connectivity index (χ1) is 12.2. The Bertz CT molecular complexity index is 761. The summed E-state index contributed by atoms with van der Waals surface area (Å²) in [6.45, 7) is 1.19. The fourth-order valence-corrected chi connectivity index (χ4v) is 3.02. The Kier molecular flexibility index (Phi) is 5.40. The quantitative estimate of drug-likeness (QED) is 0.876. The molecule has 2 amide bonds. The molecule has 0 saturated carbocycles. The Hall–Kier alpha value is -2.73. The van der Waals surface area contributed by atoms with Gasteiger partial charge >= 0.3 is 0 Å². The van der Waals surface area contributed by atoms with Crippen LogP contribution in [0.3, 0.4) is 0 Å². The fraction of sp³-hybridized carbons (Fsp3) is 0.316. The highest BCUT2D eigenvalue weighted by Crippen LogP contribution is 2.30. The van der Waals surface area contributed by atoms with Crippen molar-refractivity contribution in [2.45, 2.75) is 25.7 Å². The second kappa shape index (κ2) is 7.90. The van der Waals surface area contributed by atoms with Crippen molar-refractivity contribution in [1.82, 2.24) is 4.98 Å². The first-order valence-corrected chi connectivity index (χ1v) is 8.54. The number of aromatic nitrogens is 1. The van der Waals surface area contributed by atoms with E-state index in [1.165, 1.54) is 0 Å². The number of aryl methyl sites for hydroxylation is 1. The minimum atomic E-state index is -0.0474. The predicted molar refractivity (Wildman–Crippen MR) is 97.6 cm³/mol. The molecule has 2 aromatic rings. The van der Waals surface area contributed by atoms with E-state index in [1.807, 2.05) is 18.2 Å². The van der Waals surface area contributed by atoms with Crippen LogP contribution in [0.5, 0.6) is 0 Å². The number of hydrogen-bond donors (Lipinski definition) is 2. The number of nitrogens with zero attached hydrogens (tertiary/aromatic N) is 2. The van der Waals surface area contributed by atoms with Crippen LogP contribution in [-0.4, -0.2) is 29.9 Å². The summed E-state index contributed by atoms with van der Waals surface area (Å²) in [5.41, 5.74) is 8.74. The minimum absolute atomic E-state index is 0.0375. The normalized spacial score (nSPS) is 13.2. The van der Waals surface area contributed by atoms with Gasteiger partial charge in [-0.25, -0.2) is 0 Å². The monoisotopic (exact) mass is 338 g/mol. The molecule has 25 heavy (non-hydrogen) atoms. The summed E-state index contributed by atoms with van der Waals surface area (Å²) in [6, 6.07) is 9.24. The summed E-state index contributed by atoms with van der Waals surface area (Å²) in [7, 11) is 0.